The molecule has 0 amide bonds. The Labute approximate surface area is 85.5 Å². The molecule has 0 unspecified atom stereocenters. The van der Waals surface area contributed by atoms with Crippen molar-refractivity contribution in [2.45, 2.75) is 10.8 Å². The molecule has 0 rings (SSSR count). The van der Waals surface area contributed by atoms with Crippen molar-refractivity contribution in [1.82, 2.24) is 0 Å². The monoisotopic (exact) mass is 223 g/mol. The number of alkyl halides is 2. The number of rotatable bonds is 3. The first-order valence-electron chi connectivity index (χ1n) is 2.98. The van der Waals surface area contributed by atoms with Crippen molar-refractivity contribution in [1.29, 1.82) is 5.26 Å². The summed E-state index contributed by atoms with van der Waals surface area (Å²) in [7, 11) is 0. The van der Waals surface area contributed by atoms with E-state index in [1.165, 1.54) is 0 Å². The highest BCUT2D eigenvalue weighted by atomic mass is 35.5. The van der Waals surface area contributed by atoms with Crippen LogP contribution in [0, 0.1) is 11.3 Å². The maximum absolute atomic E-state index is 11.0. The summed E-state index contributed by atoms with van der Waals surface area (Å²) in [6.07, 6.45) is 1.56. The van der Waals surface area contributed by atoms with Crippen LogP contribution in [0.25, 0.3) is 0 Å². The van der Waals surface area contributed by atoms with E-state index in [2.05, 4.69) is 6.58 Å². The second-order valence-corrected chi connectivity index (χ2v) is 4.35. The Morgan fingerprint density at radius 1 is 1.75 bits per heavy atom. The van der Waals surface area contributed by atoms with Gasteiger partial charge in [0.2, 0.25) is 5.12 Å². The Bertz CT molecular complexity index is 244. The zero-order valence-electron chi connectivity index (χ0n) is 6.43. The highest BCUT2D eigenvalue weighted by molar-refractivity contribution is 8.13. The summed E-state index contributed by atoms with van der Waals surface area (Å²) >= 11 is 12.2. The summed E-state index contributed by atoms with van der Waals surface area (Å²) in [4.78, 5) is 11.0. The largest absolute Gasteiger partial charge is 0.284 e. The van der Waals surface area contributed by atoms with Gasteiger partial charge in [-0.2, -0.15) is 5.26 Å². The number of carbonyl (C=O) groups is 1. The molecule has 0 saturated carbocycles. The Balaban J connectivity index is 4.34. The summed E-state index contributed by atoms with van der Waals surface area (Å²) in [5.74, 6) is 0. The molecule has 0 spiro atoms. The SMILES string of the molecule is C=C(C#N)CC(Cl)(Cl)C(=O)SC. The number of carbonyl (C=O) groups excluding carboxylic acids is 1. The minimum Gasteiger partial charge on any atom is -0.284 e. The van der Waals surface area contributed by atoms with Crippen LogP contribution in [0.5, 0.6) is 0 Å². The summed E-state index contributed by atoms with van der Waals surface area (Å²) < 4.78 is -1.52. The van der Waals surface area contributed by atoms with Crippen molar-refractivity contribution in [3.63, 3.8) is 0 Å². The Kier molecular flexibility index (Phi) is 4.69. The van der Waals surface area contributed by atoms with Crippen LogP contribution in [0.1, 0.15) is 6.42 Å². The molecule has 2 nitrogen and oxygen atoms in total. The van der Waals surface area contributed by atoms with Crippen LogP contribution in [0.2, 0.25) is 0 Å². The maximum atomic E-state index is 11.0. The lowest BCUT2D eigenvalue weighted by atomic mass is 10.2. The van der Waals surface area contributed by atoms with Crippen molar-refractivity contribution in [3.8, 4) is 6.07 Å². The molecule has 0 atom stereocenters. The van der Waals surface area contributed by atoms with Gasteiger partial charge in [-0.05, 0) is 6.26 Å². The first-order valence-corrected chi connectivity index (χ1v) is 4.96. The van der Waals surface area contributed by atoms with E-state index >= 15 is 0 Å². The second kappa shape index (κ2) is 4.76. The summed E-state index contributed by atoms with van der Waals surface area (Å²) in [5, 5.41) is 7.99. The first-order chi connectivity index (χ1) is 5.44. The fourth-order valence-corrected chi connectivity index (χ4v) is 1.69. The van der Waals surface area contributed by atoms with Gasteiger partial charge in [0.15, 0.2) is 4.33 Å². The third-order valence-electron chi connectivity index (χ3n) is 1.08. The van der Waals surface area contributed by atoms with Gasteiger partial charge in [-0.15, -0.1) is 0 Å². The molecule has 0 fully saturated rings. The average Bonchev–Trinajstić information content (AvgIpc) is 2.02. The van der Waals surface area contributed by atoms with Crippen LogP contribution in [0.4, 0.5) is 0 Å². The van der Waals surface area contributed by atoms with Gasteiger partial charge in [-0.1, -0.05) is 41.5 Å². The van der Waals surface area contributed by atoms with Gasteiger partial charge in [0.25, 0.3) is 0 Å². The summed E-state index contributed by atoms with van der Waals surface area (Å²) in [5.41, 5.74) is 0.197. The molecule has 12 heavy (non-hydrogen) atoms. The molecule has 0 aromatic carbocycles. The summed E-state index contributed by atoms with van der Waals surface area (Å²) in [6.45, 7) is 3.38. The molecule has 5 heteroatoms. The van der Waals surface area contributed by atoms with E-state index in [9.17, 15) is 4.79 Å². The van der Waals surface area contributed by atoms with Gasteiger partial charge in [0.05, 0.1) is 6.07 Å². The molecule has 0 aliphatic heterocycles. The average molecular weight is 224 g/mol. The number of allylic oxidation sites excluding steroid dienone is 1. The molecular weight excluding hydrogens is 217 g/mol. The quantitative estimate of drug-likeness (QED) is 0.546. The summed E-state index contributed by atoms with van der Waals surface area (Å²) in [6, 6.07) is 1.78. The molecular formula is C7H7Cl2NOS. The number of hydrogen-bond acceptors (Lipinski definition) is 3. The van der Waals surface area contributed by atoms with Crippen LogP contribution >= 0.6 is 35.0 Å². The number of nitriles is 1. The van der Waals surface area contributed by atoms with E-state index in [1.54, 1.807) is 12.3 Å². The number of nitrogens with zero attached hydrogens (tertiary/aromatic N) is 1. The predicted octanol–water partition coefficient (Wildman–Crippen LogP) is 2.52. The third-order valence-corrected chi connectivity index (χ3v) is 2.63. The van der Waals surface area contributed by atoms with Gasteiger partial charge in [0, 0.05) is 12.0 Å². The third kappa shape index (κ3) is 3.48. The topological polar surface area (TPSA) is 40.9 Å². The molecule has 0 aromatic rings. The van der Waals surface area contributed by atoms with E-state index in [1.807, 2.05) is 0 Å². The number of hydrogen-bond donors (Lipinski definition) is 0. The van der Waals surface area contributed by atoms with E-state index < -0.39 is 4.33 Å². The predicted molar refractivity (Wildman–Crippen MR) is 52.3 cm³/mol. The molecule has 66 valence electrons. The molecule has 0 aliphatic rings. The van der Waals surface area contributed by atoms with E-state index in [-0.39, 0.29) is 17.1 Å². The molecule has 0 saturated heterocycles. The van der Waals surface area contributed by atoms with Gasteiger partial charge < -0.3 is 0 Å². The lowest BCUT2D eigenvalue weighted by molar-refractivity contribution is -0.111. The van der Waals surface area contributed by atoms with E-state index in [4.69, 9.17) is 28.5 Å². The number of halogens is 2. The zero-order chi connectivity index (χ0) is 9.78. The maximum Gasteiger partial charge on any atom is 0.225 e. The zero-order valence-corrected chi connectivity index (χ0v) is 8.76. The molecule has 0 N–H and O–H groups in total. The van der Waals surface area contributed by atoms with Crippen molar-refractivity contribution >= 4 is 40.1 Å². The second-order valence-electron chi connectivity index (χ2n) is 2.09. The van der Waals surface area contributed by atoms with Gasteiger partial charge >= 0.3 is 0 Å². The van der Waals surface area contributed by atoms with Crippen molar-refractivity contribution < 1.29 is 4.79 Å². The van der Waals surface area contributed by atoms with E-state index in [0.717, 1.165) is 11.8 Å². The standard InChI is InChI=1S/C7H7Cl2NOS/c1-5(4-10)3-7(8,9)6(11)12-2/h1,3H2,2H3. The van der Waals surface area contributed by atoms with Gasteiger partial charge in [-0.3, -0.25) is 4.79 Å². The van der Waals surface area contributed by atoms with Crippen molar-refractivity contribution in [2.24, 2.45) is 0 Å². The minimum absolute atomic E-state index is 0.0215. The van der Waals surface area contributed by atoms with Crippen LogP contribution in [0.3, 0.4) is 0 Å². The molecule has 0 heterocycles. The molecule has 0 aromatic heterocycles. The highest BCUT2D eigenvalue weighted by Gasteiger charge is 2.33. The Morgan fingerprint density at radius 3 is 2.58 bits per heavy atom. The minimum atomic E-state index is -1.52. The first kappa shape index (κ1) is 11.8. The van der Waals surface area contributed by atoms with Crippen LogP contribution in [0.15, 0.2) is 12.2 Å². The molecule has 0 aliphatic carbocycles. The van der Waals surface area contributed by atoms with E-state index in [0.29, 0.717) is 0 Å². The highest BCUT2D eigenvalue weighted by Crippen LogP contribution is 2.32. The van der Waals surface area contributed by atoms with Crippen LogP contribution < -0.4 is 0 Å². The van der Waals surface area contributed by atoms with Crippen molar-refractivity contribution in [3.05, 3.63) is 12.2 Å². The smallest absolute Gasteiger partial charge is 0.225 e. The molecule has 0 bridgehead atoms. The van der Waals surface area contributed by atoms with Crippen LogP contribution in [-0.2, 0) is 4.79 Å². The fraction of sp³-hybridized carbons (Fsp3) is 0.429. The number of thioether (sulfide) groups is 1. The van der Waals surface area contributed by atoms with Gasteiger partial charge in [-0.25, -0.2) is 0 Å². The lowest BCUT2D eigenvalue weighted by Gasteiger charge is -2.14. The normalized spacial score (nSPS) is 10.5. The Morgan fingerprint density at radius 2 is 2.25 bits per heavy atom. The van der Waals surface area contributed by atoms with Gasteiger partial charge in [0.1, 0.15) is 0 Å². The van der Waals surface area contributed by atoms with Crippen LogP contribution in [-0.4, -0.2) is 15.7 Å². The Hall–Kier alpha value is -0.170. The fourth-order valence-electron chi connectivity index (χ4n) is 0.529. The lowest BCUT2D eigenvalue weighted by Crippen LogP contribution is -2.23. The molecule has 0 radical (unpaired) electrons. The van der Waals surface area contributed by atoms with Crippen molar-refractivity contribution in [2.75, 3.05) is 6.26 Å².